The molecule has 0 radical (unpaired) electrons. The van der Waals surface area contributed by atoms with Crippen molar-refractivity contribution >= 4 is 18.0 Å². The smallest absolute Gasteiger partial charge is 0.330 e. The van der Waals surface area contributed by atoms with Gasteiger partial charge >= 0.3 is 5.97 Å². The van der Waals surface area contributed by atoms with Crippen LogP contribution < -0.4 is 4.74 Å². The Bertz CT molecular complexity index is 713. The van der Waals surface area contributed by atoms with Crippen molar-refractivity contribution < 1.29 is 19.1 Å². The monoisotopic (exact) mass is 327 g/mol. The van der Waals surface area contributed by atoms with E-state index in [1.54, 1.807) is 55.8 Å². The van der Waals surface area contributed by atoms with Crippen molar-refractivity contribution in [2.24, 2.45) is 0 Å². The van der Waals surface area contributed by atoms with Gasteiger partial charge in [0.2, 0.25) is 0 Å². The summed E-state index contributed by atoms with van der Waals surface area (Å²) in [6.45, 7) is 2.44. The Kier molecular flexibility index (Phi) is 6.37. The summed E-state index contributed by atoms with van der Waals surface area (Å²) < 4.78 is 11.6. The number of nitrogens with zero attached hydrogens (tertiary/aromatic N) is 1. The number of ether oxygens (including phenoxy) is 2. The average molecular weight is 327 g/mol. The molecule has 0 fully saturated rings. The predicted octanol–water partition coefficient (Wildman–Crippen LogP) is 3.54. The number of carbonyl (C=O) groups excluding carboxylic acids is 2. The highest BCUT2D eigenvalue weighted by Crippen LogP contribution is 2.14. The largest absolute Gasteiger partial charge is 0.497 e. The molecule has 0 aliphatic rings. The second-order valence-corrected chi connectivity index (χ2v) is 5.19. The molecule has 0 aliphatic carbocycles. The van der Waals surface area contributed by atoms with Gasteiger partial charge in [-0.15, -0.1) is 0 Å². The Morgan fingerprint density at radius 2 is 1.92 bits per heavy atom. The zero-order chi connectivity index (χ0) is 17.4. The van der Waals surface area contributed by atoms with Crippen LogP contribution in [0.15, 0.2) is 48.7 Å². The third-order valence-electron chi connectivity index (χ3n) is 3.47. The summed E-state index contributed by atoms with van der Waals surface area (Å²) >= 11 is 0. The lowest BCUT2D eigenvalue weighted by Gasteiger charge is -2.06. The minimum absolute atomic E-state index is 0.179. The number of aromatic nitrogens is 1. The molecular formula is C19H21NO4. The van der Waals surface area contributed by atoms with Crippen LogP contribution in [-0.4, -0.2) is 30.2 Å². The number of unbranched alkanes of at least 4 members (excludes halogenated alkanes) is 1. The van der Waals surface area contributed by atoms with E-state index >= 15 is 0 Å². The lowest BCUT2D eigenvalue weighted by Crippen LogP contribution is -2.12. The van der Waals surface area contributed by atoms with E-state index in [1.165, 1.54) is 10.6 Å². The van der Waals surface area contributed by atoms with Crippen LogP contribution in [-0.2, 0) is 9.53 Å². The number of benzene rings is 1. The summed E-state index contributed by atoms with van der Waals surface area (Å²) in [6.07, 6.45) is 6.38. The van der Waals surface area contributed by atoms with E-state index in [2.05, 4.69) is 0 Å². The van der Waals surface area contributed by atoms with E-state index in [4.69, 9.17) is 9.47 Å². The zero-order valence-electron chi connectivity index (χ0n) is 13.9. The number of carbonyl (C=O) groups is 2. The molecule has 0 bridgehead atoms. The van der Waals surface area contributed by atoms with E-state index in [9.17, 15) is 9.59 Å². The molecule has 0 aliphatic heterocycles. The first-order chi connectivity index (χ1) is 11.7. The van der Waals surface area contributed by atoms with Gasteiger partial charge in [-0.25, -0.2) is 4.79 Å². The van der Waals surface area contributed by atoms with Crippen LogP contribution in [0.3, 0.4) is 0 Å². The summed E-state index contributed by atoms with van der Waals surface area (Å²) in [6, 6.07) is 10.4. The molecule has 2 rings (SSSR count). The van der Waals surface area contributed by atoms with Crippen molar-refractivity contribution in [3.05, 3.63) is 59.9 Å². The molecule has 0 unspecified atom stereocenters. The maximum absolute atomic E-state index is 12.6. The summed E-state index contributed by atoms with van der Waals surface area (Å²) in [4.78, 5) is 24.2. The molecule has 1 aromatic heterocycles. The molecule has 126 valence electrons. The highest BCUT2D eigenvalue weighted by molar-refractivity contribution is 5.98. The van der Waals surface area contributed by atoms with Crippen LogP contribution in [0.4, 0.5) is 0 Å². The van der Waals surface area contributed by atoms with Crippen LogP contribution in [0, 0.1) is 0 Å². The quantitative estimate of drug-likeness (QED) is 0.443. The van der Waals surface area contributed by atoms with Gasteiger partial charge in [-0.05, 0) is 48.9 Å². The first-order valence-corrected chi connectivity index (χ1v) is 7.86. The highest BCUT2D eigenvalue weighted by Gasteiger charge is 2.11. The molecule has 0 atom stereocenters. The molecule has 24 heavy (non-hydrogen) atoms. The number of esters is 1. The Balaban J connectivity index is 2.08. The van der Waals surface area contributed by atoms with E-state index in [-0.39, 0.29) is 5.91 Å². The molecule has 2 aromatic rings. The van der Waals surface area contributed by atoms with Crippen LogP contribution >= 0.6 is 0 Å². The van der Waals surface area contributed by atoms with Gasteiger partial charge in [0, 0.05) is 23.5 Å². The maximum Gasteiger partial charge on any atom is 0.330 e. The van der Waals surface area contributed by atoms with E-state index in [0.717, 1.165) is 12.8 Å². The minimum Gasteiger partial charge on any atom is -0.497 e. The molecule has 0 saturated carbocycles. The number of methoxy groups -OCH3 is 1. The van der Waals surface area contributed by atoms with Crippen molar-refractivity contribution in [1.29, 1.82) is 0 Å². The van der Waals surface area contributed by atoms with Crippen LogP contribution in [0.2, 0.25) is 0 Å². The molecule has 1 heterocycles. The second kappa shape index (κ2) is 8.72. The van der Waals surface area contributed by atoms with Gasteiger partial charge in [-0.2, -0.15) is 0 Å². The van der Waals surface area contributed by atoms with Crippen LogP contribution in [0.5, 0.6) is 5.75 Å². The summed E-state index contributed by atoms with van der Waals surface area (Å²) in [5.74, 6) is 0.101. The van der Waals surface area contributed by atoms with Gasteiger partial charge < -0.3 is 9.47 Å². The number of rotatable bonds is 7. The minimum atomic E-state index is -0.409. The van der Waals surface area contributed by atoms with Gasteiger partial charge in [0.15, 0.2) is 0 Å². The molecule has 5 nitrogen and oxygen atoms in total. The average Bonchev–Trinajstić information content (AvgIpc) is 3.08. The lowest BCUT2D eigenvalue weighted by atomic mass is 10.2. The number of hydrogen-bond acceptors (Lipinski definition) is 4. The molecule has 0 N–H and O–H groups in total. The first kappa shape index (κ1) is 17.5. The fourth-order valence-corrected chi connectivity index (χ4v) is 2.11. The normalized spacial score (nSPS) is 10.8. The highest BCUT2D eigenvalue weighted by atomic mass is 16.5. The van der Waals surface area contributed by atoms with Crippen molar-refractivity contribution in [1.82, 2.24) is 4.57 Å². The van der Waals surface area contributed by atoms with Gasteiger partial charge in [-0.3, -0.25) is 9.36 Å². The molecule has 1 aromatic carbocycles. The maximum atomic E-state index is 12.6. The second-order valence-electron chi connectivity index (χ2n) is 5.19. The van der Waals surface area contributed by atoms with E-state index in [0.29, 0.717) is 23.6 Å². The topological polar surface area (TPSA) is 57.5 Å². The third-order valence-corrected chi connectivity index (χ3v) is 3.47. The Morgan fingerprint density at radius 3 is 2.58 bits per heavy atom. The first-order valence-electron chi connectivity index (χ1n) is 7.86. The van der Waals surface area contributed by atoms with Crippen LogP contribution in [0.25, 0.3) is 6.08 Å². The SMILES string of the molecule is CCCCOC(=O)C=Cc1cccn1C(=O)c1ccc(OC)cc1. The van der Waals surface area contributed by atoms with Gasteiger partial charge in [0.25, 0.3) is 5.91 Å². The summed E-state index contributed by atoms with van der Waals surface area (Å²) in [5.41, 5.74) is 1.15. The van der Waals surface area contributed by atoms with E-state index < -0.39 is 5.97 Å². The zero-order valence-corrected chi connectivity index (χ0v) is 13.9. The third kappa shape index (κ3) is 4.59. The van der Waals surface area contributed by atoms with Crippen molar-refractivity contribution in [3.8, 4) is 5.75 Å². The van der Waals surface area contributed by atoms with Crippen molar-refractivity contribution in [3.63, 3.8) is 0 Å². The molecule has 0 amide bonds. The predicted molar refractivity (Wildman–Crippen MR) is 92.1 cm³/mol. The summed E-state index contributed by atoms with van der Waals surface area (Å²) in [5, 5.41) is 0. The van der Waals surface area contributed by atoms with Crippen molar-refractivity contribution in [2.75, 3.05) is 13.7 Å². The van der Waals surface area contributed by atoms with Crippen LogP contribution in [0.1, 0.15) is 35.8 Å². The van der Waals surface area contributed by atoms with E-state index in [1.807, 2.05) is 6.92 Å². The Morgan fingerprint density at radius 1 is 1.17 bits per heavy atom. The van der Waals surface area contributed by atoms with Crippen molar-refractivity contribution in [2.45, 2.75) is 19.8 Å². The molecule has 0 spiro atoms. The van der Waals surface area contributed by atoms with Gasteiger partial charge in [0.1, 0.15) is 5.75 Å². The molecule has 0 saturated heterocycles. The Labute approximate surface area is 141 Å². The summed E-state index contributed by atoms with van der Waals surface area (Å²) in [7, 11) is 1.57. The fraction of sp³-hybridized carbons (Fsp3) is 0.263. The Hall–Kier alpha value is -2.82. The lowest BCUT2D eigenvalue weighted by molar-refractivity contribution is -0.137. The standard InChI is InChI=1S/C19H21NO4/c1-3-4-14-24-18(21)12-9-16-6-5-13-20(16)19(22)15-7-10-17(23-2)11-8-15/h5-13H,3-4,14H2,1-2H3. The molecule has 5 heteroatoms. The number of hydrogen-bond donors (Lipinski definition) is 0. The van der Waals surface area contributed by atoms with Gasteiger partial charge in [0.05, 0.1) is 13.7 Å². The fourth-order valence-electron chi connectivity index (χ4n) is 2.11. The molecular weight excluding hydrogens is 306 g/mol. The van der Waals surface area contributed by atoms with Gasteiger partial charge in [-0.1, -0.05) is 13.3 Å².